The number of hydrogen-bond donors (Lipinski definition) is 2. The van der Waals surface area contributed by atoms with Gasteiger partial charge in [0.05, 0.1) is 11.7 Å². The minimum absolute atomic E-state index is 0.0959. The zero-order valence-electron chi connectivity index (χ0n) is 11.2. The molecule has 1 unspecified atom stereocenters. The number of amides is 1. The lowest BCUT2D eigenvalue weighted by Crippen LogP contribution is -2.22. The lowest BCUT2D eigenvalue weighted by atomic mass is 10.0. The number of carbonyl (C=O) groups is 2. The second kappa shape index (κ2) is 7.00. The Balaban J connectivity index is 1.77. The second-order valence-electron chi connectivity index (χ2n) is 4.81. The molecule has 108 valence electrons. The monoisotopic (exact) mass is 278 g/mol. The molecule has 0 radical (unpaired) electrons. The molecule has 6 heteroatoms. The number of anilines is 1. The number of carboxylic acid groups (broad SMARTS) is 1. The van der Waals surface area contributed by atoms with Gasteiger partial charge in [0, 0.05) is 19.2 Å². The van der Waals surface area contributed by atoms with E-state index < -0.39 is 5.97 Å². The Kier molecular flexibility index (Phi) is 5.06. The molecule has 1 aliphatic rings. The van der Waals surface area contributed by atoms with Gasteiger partial charge in [-0.15, -0.1) is 0 Å². The third kappa shape index (κ3) is 4.31. The highest BCUT2D eigenvalue weighted by Gasteiger charge is 2.15. The van der Waals surface area contributed by atoms with Gasteiger partial charge in [0.25, 0.3) is 0 Å². The Hall–Kier alpha value is -1.95. The maximum absolute atomic E-state index is 11.8. The number of hydrogen-bond acceptors (Lipinski definition) is 4. The van der Waals surface area contributed by atoms with Crippen LogP contribution in [-0.4, -0.2) is 34.7 Å². The lowest BCUT2D eigenvalue weighted by molar-refractivity contribution is -0.117. The quantitative estimate of drug-likeness (QED) is 0.860. The molecule has 1 fully saturated rings. The first-order chi connectivity index (χ1) is 9.65. The van der Waals surface area contributed by atoms with Gasteiger partial charge in [0.2, 0.25) is 5.91 Å². The number of aromatic carboxylic acids is 1. The molecule has 2 N–H and O–H groups in total. The van der Waals surface area contributed by atoms with Gasteiger partial charge in [-0.05, 0) is 37.8 Å². The van der Waals surface area contributed by atoms with Gasteiger partial charge < -0.3 is 15.2 Å². The summed E-state index contributed by atoms with van der Waals surface area (Å²) in [6.45, 7) is 0.782. The predicted octanol–water partition coefficient (Wildman–Crippen LogP) is 2.07. The first-order valence-corrected chi connectivity index (χ1v) is 6.76. The number of aromatic nitrogens is 1. The average Bonchev–Trinajstić information content (AvgIpc) is 2.47. The van der Waals surface area contributed by atoms with Crippen LogP contribution in [0.2, 0.25) is 0 Å². The Morgan fingerprint density at radius 2 is 2.25 bits per heavy atom. The first-order valence-electron chi connectivity index (χ1n) is 6.76. The van der Waals surface area contributed by atoms with Crippen LogP contribution in [0.5, 0.6) is 0 Å². The fourth-order valence-electron chi connectivity index (χ4n) is 2.13. The highest BCUT2D eigenvalue weighted by Crippen LogP contribution is 2.17. The molecule has 1 aromatic rings. The van der Waals surface area contributed by atoms with Crippen LogP contribution in [0.15, 0.2) is 18.3 Å². The Labute approximate surface area is 117 Å². The van der Waals surface area contributed by atoms with Crippen LogP contribution in [0.4, 0.5) is 5.82 Å². The first kappa shape index (κ1) is 14.5. The molecule has 1 saturated heterocycles. The van der Waals surface area contributed by atoms with E-state index in [2.05, 4.69) is 10.3 Å². The fraction of sp³-hybridized carbons (Fsp3) is 0.500. The molecule has 1 atom stereocenters. The van der Waals surface area contributed by atoms with Crippen LogP contribution >= 0.6 is 0 Å². The third-order valence-electron chi connectivity index (χ3n) is 3.25. The molecule has 0 saturated carbocycles. The number of carboxylic acids is 1. The van der Waals surface area contributed by atoms with Gasteiger partial charge in [-0.1, -0.05) is 0 Å². The van der Waals surface area contributed by atoms with Crippen molar-refractivity contribution in [2.45, 2.75) is 38.2 Å². The smallest absolute Gasteiger partial charge is 0.337 e. The van der Waals surface area contributed by atoms with E-state index in [0.29, 0.717) is 18.7 Å². The number of rotatable bonds is 5. The molecule has 1 aromatic heterocycles. The number of ether oxygens (including phenoxy) is 1. The lowest BCUT2D eigenvalue weighted by Gasteiger charge is -2.22. The van der Waals surface area contributed by atoms with E-state index in [1.165, 1.54) is 18.3 Å². The maximum Gasteiger partial charge on any atom is 0.337 e. The van der Waals surface area contributed by atoms with Crippen LogP contribution in [0.25, 0.3) is 0 Å². The van der Waals surface area contributed by atoms with E-state index >= 15 is 0 Å². The normalized spacial score (nSPS) is 18.5. The maximum atomic E-state index is 11.8. The summed E-state index contributed by atoms with van der Waals surface area (Å²) in [4.78, 5) is 26.3. The Morgan fingerprint density at radius 3 is 2.85 bits per heavy atom. The minimum Gasteiger partial charge on any atom is -0.478 e. The zero-order valence-corrected chi connectivity index (χ0v) is 11.2. The van der Waals surface area contributed by atoms with Gasteiger partial charge in [0.15, 0.2) is 0 Å². The van der Waals surface area contributed by atoms with Gasteiger partial charge in [0.1, 0.15) is 5.82 Å². The van der Waals surface area contributed by atoms with E-state index in [9.17, 15) is 9.59 Å². The van der Waals surface area contributed by atoms with Crippen molar-refractivity contribution in [3.8, 4) is 0 Å². The Morgan fingerprint density at radius 1 is 1.40 bits per heavy atom. The molecule has 1 amide bonds. The molecular formula is C14H18N2O4. The molecule has 0 aromatic carbocycles. The molecule has 2 heterocycles. The van der Waals surface area contributed by atoms with Crippen LogP contribution in [0, 0.1) is 0 Å². The number of nitrogens with zero attached hydrogens (tertiary/aromatic N) is 1. The third-order valence-corrected chi connectivity index (χ3v) is 3.25. The van der Waals surface area contributed by atoms with Crippen LogP contribution in [0.3, 0.4) is 0 Å². The summed E-state index contributed by atoms with van der Waals surface area (Å²) in [6, 6.07) is 2.90. The standard InChI is InChI=1S/C14H18N2O4/c17-13(7-5-11-3-1-2-8-20-11)16-12-6-4-10(9-15-12)14(18)19/h4,6,9,11H,1-3,5,7-8H2,(H,18,19)(H,15,16,17). The number of pyridine rings is 1. The van der Waals surface area contributed by atoms with Crippen molar-refractivity contribution >= 4 is 17.7 Å². The van der Waals surface area contributed by atoms with Crippen LogP contribution < -0.4 is 5.32 Å². The Bertz CT molecular complexity index is 467. The van der Waals surface area contributed by atoms with E-state index in [0.717, 1.165) is 25.9 Å². The predicted molar refractivity (Wildman–Crippen MR) is 72.7 cm³/mol. The molecule has 1 aliphatic heterocycles. The second-order valence-corrected chi connectivity index (χ2v) is 4.81. The molecule has 0 spiro atoms. The topological polar surface area (TPSA) is 88.5 Å². The van der Waals surface area contributed by atoms with Gasteiger partial charge in [-0.25, -0.2) is 9.78 Å². The molecule has 0 aliphatic carbocycles. The van der Waals surface area contributed by atoms with Gasteiger partial charge in [-0.2, -0.15) is 0 Å². The van der Waals surface area contributed by atoms with Crippen molar-refractivity contribution in [1.82, 2.24) is 4.98 Å². The number of carbonyl (C=O) groups excluding carboxylic acids is 1. The molecule has 0 bridgehead atoms. The minimum atomic E-state index is -1.04. The van der Waals surface area contributed by atoms with Gasteiger partial charge >= 0.3 is 5.97 Å². The number of nitrogens with one attached hydrogen (secondary N) is 1. The molecule has 6 nitrogen and oxygen atoms in total. The van der Waals surface area contributed by atoms with Crippen molar-refractivity contribution in [3.05, 3.63) is 23.9 Å². The fourth-order valence-corrected chi connectivity index (χ4v) is 2.13. The van der Waals surface area contributed by atoms with Crippen molar-refractivity contribution in [2.75, 3.05) is 11.9 Å². The van der Waals surface area contributed by atoms with Crippen LogP contribution in [-0.2, 0) is 9.53 Å². The summed E-state index contributed by atoms with van der Waals surface area (Å²) in [6.07, 6.45) is 5.76. The average molecular weight is 278 g/mol. The largest absolute Gasteiger partial charge is 0.478 e. The van der Waals surface area contributed by atoms with E-state index in [-0.39, 0.29) is 17.6 Å². The van der Waals surface area contributed by atoms with E-state index in [4.69, 9.17) is 9.84 Å². The SMILES string of the molecule is O=C(CCC1CCCCO1)Nc1ccc(C(=O)O)cn1. The van der Waals surface area contributed by atoms with E-state index in [1.807, 2.05) is 0 Å². The molecule has 2 rings (SSSR count). The van der Waals surface area contributed by atoms with E-state index in [1.54, 1.807) is 0 Å². The summed E-state index contributed by atoms with van der Waals surface area (Å²) < 4.78 is 5.56. The highest BCUT2D eigenvalue weighted by molar-refractivity contribution is 5.91. The van der Waals surface area contributed by atoms with Crippen LogP contribution in [0.1, 0.15) is 42.5 Å². The molecule has 20 heavy (non-hydrogen) atoms. The van der Waals surface area contributed by atoms with Crippen molar-refractivity contribution < 1.29 is 19.4 Å². The summed E-state index contributed by atoms with van der Waals surface area (Å²) in [7, 11) is 0. The van der Waals surface area contributed by atoms with Crippen molar-refractivity contribution in [1.29, 1.82) is 0 Å². The van der Waals surface area contributed by atoms with Crippen molar-refractivity contribution in [2.24, 2.45) is 0 Å². The highest BCUT2D eigenvalue weighted by atomic mass is 16.5. The molecular weight excluding hydrogens is 260 g/mol. The summed E-state index contributed by atoms with van der Waals surface area (Å²) in [5, 5.41) is 11.4. The summed E-state index contributed by atoms with van der Waals surface area (Å²) in [5.74, 6) is -0.802. The summed E-state index contributed by atoms with van der Waals surface area (Å²) >= 11 is 0. The zero-order chi connectivity index (χ0) is 14.4. The van der Waals surface area contributed by atoms with Gasteiger partial charge in [-0.3, -0.25) is 4.79 Å². The summed E-state index contributed by atoms with van der Waals surface area (Å²) in [5.41, 5.74) is 0.0959. The van der Waals surface area contributed by atoms with Crippen molar-refractivity contribution in [3.63, 3.8) is 0 Å².